The summed E-state index contributed by atoms with van der Waals surface area (Å²) in [5.41, 5.74) is 1.42. The number of nitrogens with zero attached hydrogens (tertiary/aromatic N) is 4. The largest absolute Gasteiger partial charge is 0.506 e. The molecule has 0 radical (unpaired) electrons. The highest BCUT2D eigenvalue weighted by Gasteiger charge is 2.23. The van der Waals surface area contributed by atoms with Gasteiger partial charge in [-0.3, -0.25) is 0 Å². The fraction of sp³-hybridized carbons (Fsp3) is 0.174. The molecule has 0 spiro atoms. The Balaban J connectivity index is 1.85. The second-order valence-corrected chi connectivity index (χ2v) is 6.90. The molecule has 0 fully saturated rings. The van der Waals surface area contributed by atoms with E-state index in [0.29, 0.717) is 35.2 Å². The molecule has 32 heavy (non-hydrogen) atoms. The van der Waals surface area contributed by atoms with E-state index in [4.69, 9.17) is 9.26 Å². The number of phenolic OH excluding ortho intramolecular Hbond substituents is 1. The lowest BCUT2D eigenvalue weighted by molar-refractivity contribution is 0.0314. The summed E-state index contributed by atoms with van der Waals surface area (Å²) in [7, 11) is 1.72. The Labute approximate surface area is 183 Å². The molecule has 2 aromatic heterocycles. The Kier molecular flexibility index (Phi) is 6.00. The van der Waals surface area contributed by atoms with Crippen molar-refractivity contribution < 1.29 is 18.8 Å². The number of para-hydroxylation sites is 2. The van der Waals surface area contributed by atoms with E-state index in [9.17, 15) is 14.3 Å². The third-order valence-electron chi connectivity index (χ3n) is 4.86. The van der Waals surface area contributed by atoms with Crippen molar-refractivity contribution >= 4 is 11.6 Å². The minimum atomic E-state index is -0.597. The summed E-state index contributed by atoms with van der Waals surface area (Å²) in [6, 6.07) is 14.0. The van der Waals surface area contributed by atoms with Crippen LogP contribution in [0.5, 0.6) is 5.75 Å². The molecule has 4 rings (SSSR count). The van der Waals surface area contributed by atoms with E-state index in [2.05, 4.69) is 9.97 Å². The highest BCUT2D eigenvalue weighted by Crippen LogP contribution is 2.33. The van der Waals surface area contributed by atoms with Gasteiger partial charge >= 0.3 is 5.63 Å². The standard InChI is InChI=1S/C23H21FN4O4/c1-3-31-14-28-21(20(22(30)32-28)15-8-10-16(24)11-9-15)17-12-13-25-23(26-17)27(2)18-6-4-5-7-19(18)29/h4-13,29H,3,14H2,1-2H3. The topological polar surface area (TPSA) is 93.6 Å². The van der Waals surface area contributed by atoms with Gasteiger partial charge in [-0.05, 0) is 42.8 Å². The van der Waals surface area contributed by atoms with Gasteiger partial charge in [-0.25, -0.2) is 19.2 Å². The quantitative estimate of drug-likeness (QED) is 0.465. The minimum absolute atomic E-state index is 0.00306. The van der Waals surface area contributed by atoms with Crippen LogP contribution in [-0.2, 0) is 11.5 Å². The van der Waals surface area contributed by atoms with E-state index in [0.717, 1.165) is 0 Å². The summed E-state index contributed by atoms with van der Waals surface area (Å²) < 4.78 is 25.6. The van der Waals surface area contributed by atoms with Crippen LogP contribution in [0.2, 0.25) is 0 Å². The number of aromatic hydroxyl groups is 1. The first kappa shape index (κ1) is 21.3. The molecule has 0 saturated heterocycles. The summed E-state index contributed by atoms with van der Waals surface area (Å²) in [5.74, 6) is -0.0414. The van der Waals surface area contributed by atoms with E-state index in [1.54, 1.807) is 48.5 Å². The number of benzene rings is 2. The van der Waals surface area contributed by atoms with Crippen molar-refractivity contribution in [3.05, 3.63) is 77.0 Å². The number of aromatic nitrogens is 3. The van der Waals surface area contributed by atoms with Crippen molar-refractivity contribution in [2.75, 3.05) is 18.6 Å². The first-order valence-corrected chi connectivity index (χ1v) is 9.92. The molecular formula is C23H21FN4O4. The summed E-state index contributed by atoms with van der Waals surface area (Å²) in [5, 5.41) is 10.2. The number of ether oxygens (including phenoxy) is 1. The molecule has 164 valence electrons. The highest BCUT2D eigenvalue weighted by molar-refractivity contribution is 5.79. The monoisotopic (exact) mass is 436 g/mol. The van der Waals surface area contributed by atoms with Crippen molar-refractivity contribution in [2.24, 2.45) is 0 Å². The van der Waals surface area contributed by atoms with Crippen LogP contribution in [0.25, 0.3) is 22.5 Å². The van der Waals surface area contributed by atoms with Crippen LogP contribution >= 0.6 is 0 Å². The molecule has 1 N–H and O–H groups in total. The fourth-order valence-electron chi connectivity index (χ4n) is 3.30. The second-order valence-electron chi connectivity index (χ2n) is 6.90. The van der Waals surface area contributed by atoms with Gasteiger partial charge in [0.1, 0.15) is 17.3 Å². The van der Waals surface area contributed by atoms with E-state index >= 15 is 0 Å². The number of phenols is 1. The van der Waals surface area contributed by atoms with E-state index in [1.165, 1.54) is 29.0 Å². The van der Waals surface area contributed by atoms with E-state index in [-0.39, 0.29) is 18.0 Å². The molecule has 0 saturated carbocycles. The maximum Gasteiger partial charge on any atom is 0.366 e. The predicted octanol–water partition coefficient (Wildman–Crippen LogP) is 4.17. The fourth-order valence-corrected chi connectivity index (χ4v) is 3.30. The number of rotatable bonds is 7. The molecule has 0 amide bonds. The number of halogens is 1. The lowest BCUT2D eigenvalue weighted by Crippen LogP contribution is -2.14. The first-order valence-electron chi connectivity index (χ1n) is 9.92. The van der Waals surface area contributed by atoms with Gasteiger partial charge in [-0.15, -0.1) is 0 Å². The number of hydrogen-bond donors (Lipinski definition) is 1. The Hall–Kier alpha value is -3.98. The Morgan fingerprint density at radius 3 is 2.62 bits per heavy atom. The van der Waals surface area contributed by atoms with Crippen molar-refractivity contribution in [3.63, 3.8) is 0 Å². The summed E-state index contributed by atoms with van der Waals surface area (Å²) >= 11 is 0. The molecule has 0 aliphatic carbocycles. The number of hydrogen-bond acceptors (Lipinski definition) is 7. The van der Waals surface area contributed by atoms with Gasteiger partial charge in [0, 0.05) is 19.9 Å². The summed E-state index contributed by atoms with van der Waals surface area (Å²) in [6.45, 7) is 2.24. The maximum absolute atomic E-state index is 13.5. The smallest absolute Gasteiger partial charge is 0.366 e. The maximum atomic E-state index is 13.5. The van der Waals surface area contributed by atoms with Gasteiger partial charge in [-0.1, -0.05) is 24.3 Å². The number of anilines is 2. The van der Waals surface area contributed by atoms with E-state index < -0.39 is 11.4 Å². The molecule has 9 heteroatoms. The lowest BCUT2D eigenvalue weighted by Gasteiger charge is -2.18. The second kappa shape index (κ2) is 9.03. The minimum Gasteiger partial charge on any atom is -0.506 e. The van der Waals surface area contributed by atoms with E-state index in [1.807, 2.05) is 6.92 Å². The molecule has 0 atom stereocenters. The van der Waals surface area contributed by atoms with Gasteiger partial charge in [0.2, 0.25) is 5.95 Å². The lowest BCUT2D eigenvalue weighted by atomic mass is 10.0. The van der Waals surface area contributed by atoms with Gasteiger partial charge in [0.05, 0.1) is 16.9 Å². The third kappa shape index (κ3) is 4.10. The average molecular weight is 436 g/mol. The zero-order valence-electron chi connectivity index (χ0n) is 17.5. The molecule has 0 aliphatic heterocycles. The average Bonchev–Trinajstić information content (AvgIpc) is 3.14. The Bertz CT molecular complexity index is 1280. The predicted molar refractivity (Wildman–Crippen MR) is 117 cm³/mol. The Morgan fingerprint density at radius 1 is 1.16 bits per heavy atom. The molecular weight excluding hydrogens is 415 g/mol. The van der Waals surface area contributed by atoms with Crippen molar-refractivity contribution in [1.29, 1.82) is 0 Å². The summed E-state index contributed by atoms with van der Waals surface area (Å²) in [4.78, 5) is 23.3. The molecule has 0 unspecified atom stereocenters. The molecule has 0 aliphatic rings. The van der Waals surface area contributed by atoms with Crippen LogP contribution in [0.4, 0.5) is 16.0 Å². The summed E-state index contributed by atoms with van der Waals surface area (Å²) in [6.07, 6.45) is 1.55. The van der Waals surface area contributed by atoms with Crippen LogP contribution < -0.4 is 10.5 Å². The molecule has 0 bridgehead atoms. The van der Waals surface area contributed by atoms with Crippen LogP contribution in [0.15, 0.2) is 70.1 Å². The molecule has 2 aromatic carbocycles. The molecule has 8 nitrogen and oxygen atoms in total. The van der Waals surface area contributed by atoms with Crippen molar-refractivity contribution in [1.82, 2.24) is 14.7 Å². The zero-order chi connectivity index (χ0) is 22.7. The van der Waals surface area contributed by atoms with Crippen LogP contribution in [-0.4, -0.2) is 33.5 Å². The van der Waals surface area contributed by atoms with Crippen molar-refractivity contribution in [3.8, 4) is 28.3 Å². The normalized spacial score (nSPS) is 11.0. The van der Waals surface area contributed by atoms with Gasteiger partial charge in [-0.2, -0.15) is 4.74 Å². The van der Waals surface area contributed by atoms with Gasteiger partial charge in [0.15, 0.2) is 6.73 Å². The van der Waals surface area contributed by atoms with Crippen LogP contribution in [0, 0.1) is 5.82 Å². The van der Waals surface area contributed by atoms with Crippen molar-refractivity contribution in [2.45, 2.75) is 13.7 Å². The van der Waals surface area contributed by atoms with Gasteiger partial charge < -0.3 is 19.3 Å². The molecule has 2 heterocycles. The SMILES string of the molecule is CCOCn1oc(=O)c(-c2ccc(F)cc2)c1-c1ccnc(N(C)c2ccccc2O)n1. The van der Waals surface area contributed by atoms with Crippen LogP contribution in [0.1, 0.15) is 6.92 Å². The highest BCUT2D eigenvalue weighted by atomic mass is 19.1. The Morgan fingerprint density at radius 2 is 1.91 bits per heavy atom. The molecule has 4 aromatic rings. The third-order valence-corrected chi connectivity index (χ3v) is 4.86. The van der Waals surface area contributed by atoms with Crippen LogP contribution in [0.3, 0.4) is 0 Å². The zero-order valence-corrected chi connectivity index (χ0v) is 17.5. The first-order chi connectivity index (χ1) is 15.5. The van der Waals surface area contributed by atoms with Gasteiger partial charge in [0.25, 0.3) is 0 Å².